The van der Waals surface area contributed by atoms with E-state index >= 15 is 0 Å². The van der Waals surface area contributed by atoms with Crippen LogP contribution in [0.3, 0.4) is 0 Å². The molecule has 0 radical (unpaired) electrons. The number of ether oxygens (including phenoxy) is 2. The van der Waals surface area contributed by atoms with Gasteiger partial charge >= 0.3 is 0 Å². The summed E-state index contributed by atoms with van der Waals surface area (Å²) in [4.78, 5) is 52.6. The van der Waals surface area contributed by atoms with Gasteiger partial charge in [0.1, 0.15) is 17.2 Å². The number of likely N-dealkylation sites (N-methyl/N-ethyl adjacent to an activating group) is 1. The van der Waals surface area contributed by atoms with Gasteiger partial charge in [0, 0.05) is 12.2 Å². The Kier molecular flexibility index (Phi) is 11.8. The van der Waals surface area contributed by atoms with Crippen molar-refractivity contribution < 1.29 is 28.7 Å². The van der Waals surface area contributed by atoms with Crippen molar-refractivity contribution in [1.29, 1.82) is 0 Å². The Bertz CT molecular complexity index is 2010. The Balaban J connectivity index is 0.000000257. The van der Waals surface area contributed by atoms with Crippen molar-refractivity contribution in [1.82, 2.24) is 5.32 Å². The van der Waals surface area contributed by atoms with E-state index in [0.717, 1.165) is 61.8 Å². The van der Waals surface area contributed by atoms with E-state index in [-0.39, 0.29) is 30.0 Å². The van der Waals surface area contributed by atoms with Gasteiger partial charge in [-0.25, -0.2) is 9.80 Å². The minimum absolute atomic E-state index is 0.169. The number of nitrogens with zero attached hydrogens (tertiary/aromatic N) is 2. The summed E-state index contributed by atoms with van der Waals surface area (Å²) in [6.45, 7) is 11.9. The van der Waals surface area contributed by atoms with Gasteiger partial charge < -0.3 is 14.8 Å². The molecule has 1 saturated heterocycles. The summed E-state index contributed by atoms with van der Waals surface area (Å²) >= 11 is 0. The first-order chi connectivity index (χ1) is 24.9. The van der Waals surface area contributed by atoms with Gasteiger partial charge in [0.25, 0.3) is 17.7 Å². The maximum Gasteiger partial charge on any atom is 0.258 e. The summed E-state index contributed by atoms with van der Waals surface area (Å²) in [5, 5.41) is 2.93. The second-order valence-corrected chi connectivity index (χ2v) is 13.2. The number of carbonyl (C=O) groups is 4. The molecule has 0 aliphatic carbocycles. The SMILES string of the molecule is CCc1cc(Cc2cc(C)c(N3C(=O)CC(NC)C3=O)c(CC)c2)cc(C)c1N1C(=O)C=CC1=O.COc1c(C)cc(Oc2ccccc2)cc1C. The molecule has 4 aromatic rings. The standard InChI is InChI=1S/C28H31N3O4.C15H16O2/c1-6-20-13-18(10-16(3)26(20)30-23(32)8-9-24(30)33)12-19-11-17(4)27(21(7-2)14-19)31-25(34)15-22(29-5)28(31)35;1-11-9-14(10-12(2)15(11)16-3)17-13-7-5-4-6-8-13/h8-11,13-14,22,29H,6-7,12,15H2,1-5H3;4-10H,1-3H3. The number of hydrogen-bond acceptors (Lipinski definition) is 7. The molecule has 1 atom stereocenters. The molecule has 1 fully saturated rings. The van der Waals surface area contributed by atoms with E-state index in [0.29, 0.717) is 30.6 Å². The first-order valence-corrected chi connectivity index (χ1v) is 17.6. The maximum atomic E-state index is 12.8. The van der Waals surface area contributed by atoms with Crippen molar-refractivity contribution in [2.24, 2.45) is 0 Å². The second kappa shape index (κ2) is 16.2. The predicted octanol–water partition coefficient (Wildman–Crippen LogP) is 7.40. The molecule has 0 bridgehead atoms. The Morgan fingerprint density at radius 1 is 0.692 bits per heavy atom. The summed E-state index contributed by atoms with van der Waals surface area (Å²) < 4.78 is 11.1. The lowest BCUT2D eigenvalue weighted by Crippen LogP contribution is -2.37. The Hall–Kier alpha value is -5.54. The summed E-state index contributed by atoms with van der Waals surface area (Å²) in [5.74, 6) is 1.59. The molecule has 4 aromatic carbocycles. The highest BCUT2D eigenvalue weighted by atomic mass is 16.5. The zero-order valence-corrected chi connectivity index (χ0v) is 31.3. The van der Waals surface area contributed by atoms with Gasteiger partial charge in [-0.05, 0) is 123 Å². The normalized spacial score (nSPS) is 15.3. The number of methoxy groups -OCH3 is 1. The van der Waals surface area contributed by atoms with Gasteiger partial charge in [-0.15, -0.1) is 0 Å². The number of carbonyl (C=O) groups excluding carboxylic acids is 4. The average Bonchev–Trinajstić information content (AvgIpc) is 3.59. The van der Waals surface area contributed by atoms with Gasteiger partial charge in [-0.1, -0.05) is 56.3 Å². The zero-order chi connectivity index (χ0) is 37.7. The number of aryl methyl sites for hydroxylation is 6. The molecule has 52 heavy (non-hydrogen) atoms. The summed E-state index contributed by atoms with van der Waals surface area (Å²) in [7, 11) is 3.38. The van der Waals surface area contributed by atoms with E-state index in [1.54, 1.807) is 14.2 Å². The van der Waals surface area contributed by atoms with E-state index in [4.69, 9.17) is 9.47 Å². The van der Waals surface area contributed by atoms with E-state index in [1.165, 1.54) is 22.0 Å². The van der Waals surface area contributed by atoms with Crippen LogP contribution >= 0.6 is 0 Å². The van der Waals surface area contributed by atoms with Crippen LogP contribution in [0, 0.1) is 27.7 Å². The van der Waals surface area contributed by atoms with Gasteiger partial charge in [0.2, 0.25) is 5.91 Å². The van der Waals surface area contributed by atoms with Crippen molar-refractivity contribution in [2.75, 3.05) is 24.0 Å². The van der Waals surface area contributed by atoms with Crippen molar-refractivity contribution >= 4 is 35.0 Å². The number of para-hydroxylation sites is 1. The molecule has 2 aliphatic rings. The third kappa shape index (κ3) is 7.85. The van der Waals surface area contributed by atoms with Gasteiger partial charge in [-0.3, -0.25) is 19.2 Å². The summed E-state index contributed by atoms with van der Waals surface area (Å²) in [6, 6.07) is 21.4. The fraction of sp³-hybridized carbons (Fsp3) is 0.302. The predicted molar refractivity (Wildman–Crippen MR) is 204 cm³/mol. The van der Waals surface area contributed by atoms with E-state index in [2.05, 4.69) is 17.4 Å². The van der Waals surface area contributed by atoms with Crippen molar-refractivity contribution in [2.45, 2.75) is 73.3 Å². The largest absolute Gasteiger partial charge is 0.496 e. The fourth-order valence-corrected chi connectivity index (χ4v) is 7.11. The molecule has 0 spiro atoms. The Labute approximate surface area is 306 Å². The van der Waals surface area contributed by atoms with Crippen molar-refractivity contribution in [3.8, 4) is 17.2 Å². The first kappa shape index (κ1) is 37.7. The Morgan fingerprint density at radius 2 is 1.21 bits per heavy atom. The molecule has 4 amide bonds. The third-order valence-corrected chi connectivity index (χ3v) is 9.42. The number of amides is 4. The van der Waals surface area contributed by atoms with E-state index < -0.39 is 6.04 Å². The minimum Gasteiger partial charge on any atom is -0.496 e. The highest BCUT2D eigenvalue weighted by Crippen LogP contribution is 2.35. The first-order valence-electron chi connectivity index (χ1n) is 17.6. The second-order valence-electron chi connectivity index (χ2n) is 13.2. The van der Waals surface area contributed by atoms with Gasteiger partial charge in [-0.2, -0.15) is 0 Å². The number of benzene rings is 4. The molecule has 9 heteroatoms. The van der Waals surface area contributed by atoms with Gasteiger partial charge in [0.15, 0.2) is 0 Å². The number of rotatable bonds is 10. The molecule has 1 N–H and O–H groups in total. The lowest BCUT2D eigenvalue weighted by Gasteiger charge is -2.23. The topological polar surface area (TPSA) is 105 Å². The monoisotopic (exact) mass is 701 g/mol. The lowest BCUT2D eigenvalue weighted by molar-refractivity contribution is -0.122. The molecule has 1 unspecified atom stereocenters. The molecule has 270 valence electrons. The van der Waals surface area contributed by atoms with Crippen LogP contribution in [0.2, 0.25) is 0 Å². The maximum absolute atomic E-state index is 12.8. The number of hydrogen-bond donors (Lipinski definition) is 1. The quantitative estimate of drug-likeness (QED) is 0.172. The van der Waals surface area contributed by atoms with Gasteiger partial charge in [0.05, 0.1) is 30.9 Å². The van der Waals surface area contributed by atoms with Crippen LogP contribution in [0.1, 0.15) is 64.8 Å². The zero-order valence-electron chi connectivity index (χ0n) is 31.3. The lowest BCUT2D eigenvalue weighted by atomic mass is 9.93. The smallest absolute Gasteiger partial charge is 0.258 e. The van der Waals surface area contributed by atoms with Crippen LogP contribution < -0.4 is 24.6 Å². The average molecular weight is 702 g/mol. The van der Waals surface area contributed by atoms with Crippen molar-refractivity contribution in [3.63, 3.8) is 0 Å². The fourth-order valence-electron chi connectivity index (χ4n) is 7.11. The number of anilines is 2. The van der Waals surface area contributed by atoms with E-state index in [9.17, 15) is 19.2 Å². The van der Waals surface area contributed by atoms with Crippen LogP contribution in [0.4, 0.5) is 11.4 Å². The molecular weight excluding hydrogens is 654 g/mol. The highest BCUT2D eigenvalue weighted by Gasteiger charge is 2.40. The van der Waals surface area contributed by atoms with Crippen LogP contribution in [0.25, 0.3) is 0 Å². The number of nitrogens with one attached hydrogen (secondary N) is 1. The number of imide groups is 2. The molecular formula is C43H47N3O6. The summed E-state index contributed by atoms with van der Waals surface area (Å²) in [6.07, 6.45) is 4.81. The molecule has 9 nitrogen and oxygen atoms in total. The molecule has 2 heterocycles. The molecule has 6 rings (SSSR count). The molecule has 2 aliphatic heterocycles. The summed E-state index contributed by atoms with van der Waals surface area (Å²) in [5.41, 5.74) is 9.36. The minimum atomic E-state index is -0.482. The van der Waals surface area contributed by atoms with Crippen LogP contribution in [-0.2, 0) is 38.4 Å². The third-order valence-electron chi connectivity index (χ3n) is 9.42. The molecule has 0 saturated carbocycles. The van der Waals surface area contributed by atoms with Crippen LogP contribution in [0.5, 0.6) is 17.2 Å². The Morgan fingerprint density at radius 3 is 1.67 bits per heavy atom. The highest BCUT2D eigenvalue weighted by molar-refractivity contribution is 6.28. The van der Waals surface area contributed by atoms with Crippen molar-refractivity contribution in [3.05, 3.63) is 123 Å². The molecule has 0 aromatic heterocycles. The van der Waals surface area contributed by atoms with E-state index in [1.807, 2.05) is 96.1 Å². The van der Waals surface area contributed by atoms with Crippen LogP contribution in [-0.4, -0.2) is 43.8 Å². The van der Waals surface area contributed by atoms with Crippen LogP contribution in [0.15, 0.2) is 78.9 Å².